The standard InChI is InChI=1S/C17H24N2O6/c1-23-16(21)15-8-5-9-19(15)10-14(11-20)18-17(22)25-24-12-13-6-3-2-4-7-13/h2-4,6-7,14-15,20H,5,8-12H2,1H3,(H,18,22)/t14-,15-/m0/s1. The molecule has 1 amide bonds. The Hall–Kier alpha value is -2.16. The van der Waals surface area contributed by atoms with Crippen LogP contribution in [0.15, 0.2) is 30.3 Å². The van der Waals surface area contributed by atoms with Crippen LogP contribution in [-0.2, 0) is 25.9 Å². The van der Waals surface area contributed by atoms with Gasteiger partial charge in [-0.2, -0.15) is 4.89 Å². The van der Waals surface area contributed by atoms with E-state index in [0.717, 1.165) is 12.0 Å². The van der Waals surface area contributed by atoms with E-state index in [-0.39, 0.29) is 25.2 Å². The van der Waals surface area contributed by atoms with Crippen LogP contribution in [0.1, 0.15) is 18.4 Å². The van der Waals surface area contributed by atoms with Crippen molar-refractivity contribution in [3.63, 3.8) is 0 Å². The predicted octanol–water partition coefficient (Wildman–Crippen LogP) is 0.843. The molecule has 0 bridgehead atoms. The Balaban J connectivity index is 1.74. The van der Waals surface area contributed by atoms with Crippen molar-refractivity contribution in [3.8, 4) is 0 Å². The third kappa shape index (κ3) is 6.00. The smallest absolute Gasteiger partial charge is 0.439 e. The molecule has 0 radical (unpaired) electrons. The Bertz CT molecular complexity index is 553. The van der Waals surface area contributed by atoms with Crippen LogP contribution in [0.4, 0.5) is 4.79 Å². The van der Waals surface area contributed by atoms with Gasteiger partial charge in [-0.3, -0.25) is 14.6 Å². The second kappa shape index (κ2) is 9.97. The summed E-state index contributed by atoms with van der Waals surface area (Å²) in [7, 11) is 1.35. The maximum atomic E-state index is 11.8. The number of nitrogens with zero attached hydrogens (tertiary/aromatic N) is 1. The number of hydrogen-bond donors (Lipinski definition) is 2. The van der Waals surface area contributed by atoms with Gasteiger partial charge in [0.15, 0.2) is 0 Å². The van der Waals surface area contributed by atoms with E-state index in [1.165, 1.54) is 7.11 Å². The lowest BCUT2D eigenvalue weighted by atomic mass is 10.2. The molecule has 8 heteroatoms. The van der Waals surface area contributed by atoms with E-state index in [0.29, 0.717) is 19.5 Å². The van der Waals surface area contributed by atoms with Crippen LogP contribution in [0, 0.1) is 0 Å². The van der Waals surface area contributed by atoms with E-state index in [1.807, 2.05) is 35.2 Å². The Labute approximate surface area is 146 Å². The molecule has 1 aromatic rings. The van der Waals surface area contributed by atoms with Crippen LogP contribution in [-0.4, -0.2) is 61.0 Å². The molecule has 0 aromatic heterocycles. The van der Waals surface area contributed by atoms with Gasteiger partial charge >= 0.3 is 12.1 Å². The Morgan fingerprint density at radius 2 is 2.12 bits per heavy atom. The second-order valence-electron chi connectivity index (χ2n) is 5.82. The topological polar surface area (TPSA) is 97.3 Å². The number of carbonyl (C=O) groups is 2. The summed E-state index contributed by atoms with van der Waals surface area (Å²) in [5.74, 6) is -0.303. The van der Waals surface area contributed by atoms with E-state index < -0.39 is 12.1 Å². The van der Waals surface area contributed by atoms with Crippen molar-refractivity contribution in [2.75, 3.05) is 26.8 Å². The van der Waals surface area contributed by atoms with Gasteiger partial charge in [0.25, 0.3) is 0 Å². The first kappa shape index (κ1) is 19.2. The number of nitrogens with one attached hydrogen (secondary N) is 1. The summed E-state index contributed by atoms with van der Waals surface area (Å²) in [6, 6.07) is 8.37. The number of likely N-dealkylation sites (tertiary alicyclic amines) is 1. The summed E-state index contributed by atoms with van der Waals surface area (Å²) in [5.41, 5.74) is 0.868. The van der Waals surface area contributed by atoms with Crippen molar-refractivity contribution < 1.29 is 29.2 Å². The lowest BCUT2D eigenvalue weighted by Gasteiger charge is -2.26. The van der Waals surface area contributed by atoms with Gasteiger partial charge in [0.05, 0.1) is 19.8 Å². The van der Waals surface area contributed by atoms with Crippen molar-refractivity contribution in [1.29, 1.82) is 0 Å². The molecule has 0 saturated carbocycles. The second-order valence-corrected chi connectivity index (χ2v) is 5.82. The molecule has 1 aliphatic rings. The minimum Gasteiger partial charge on any atom is -0.468 e. The number of carbonyl (C=O) groups excluding carboxylic acids is 2. The molecule has 1 aromatic carbocycles. The molecule has 25 heavy (non-hydrogen) atoms. The third-order valence-corrected chi connectivity index (χ3v) is 4.04. The van der Waals surface area contributed by atoms with Gasteiger partial charge in [-0.15, -0.1) is 0 Å². The monoisotopic (exact) mass is 352 g/mol. The first-order valence-electron chi connectivity index (χ1n) is 8.20. The van der Waals surface area contributed by atoms with E-state index >= 15 is 0 Å². The van der Waals surface area contributed by atoms with Gasteiger partial charge in [-0.05, 0) is 24.9 Å². The van der Waals surface area contributed by atoms with Gasteiger partial charge in [-0.1, -0.05) is 30.3 Å². The highest BCUT2D eigenvalue weighted by molar-refractivity contribution is 5.76. The molecule has 0 unspecified atom stereocenters. The summed E-state index contributed by atoms with van der Waals surface area (Å²) in [6.07, 6.45) is 0.779. The Morgan fingerprint density at radius 1 is 1.36 bits per heavy atom. The zero-order valence-corrected chi connectivity index (χ0v) is 14.2. The van der Waals surface area contributed by atoms with Gasteiger partial charge in [-0.25, -0.2) is 4.79 Å². The Kier molecular flexibility index (Phi) is 7.65. The Morgan fingerprint density at radius 3 is 2.80 bits per heavy atom. The number of esters is 1. The molecule has 1 fully saturated rings. The van der Waals surface area contributed by atoms with Crippen LogP contribution in [0.25, 0.3) is 0 Å². The van der Waals surface area contributed by atoms with Crippen molar-refractivity contribution in [2.24, 2.45) is 0 Å². The molecule has 2 rings (SSSR count). The minimum absolute atomic E-state index is 0.134. The van der Waals surface area contributed by atoms with Crippen molar-refractivity contribution in [3.05, 3.63) is 35.9 Å². The number of aliphatic hydroxyl groups excluding tert-OH is 1. The molecule has 2 atom stereocenters. The molecule has 1 aliphatic heterocycles. The molecular weight excluding hydrogens is 328 g/mol. The number of aliphatic hydroxyl groups is 1. The summed E-state index contributed by atoms with van der Waals surface area (Å²) in [6.45, 7) is 0.883. The van der Waals surface area contributed by atoms with Crippen molar-refractivity contribution in [2.45, 2.75) is 31.5 Å². The predicted molar refractivity (Wildman–Crippen MR) is 88.3 cm³/mol. The fourth-order valence-electron chi connectivity index (χ4n) is 2.80. The van der Waals surface area contributed by atoms with Gasteiger partial charge < -0.3 is 15.2 Å². The SMILES string of the molecule is COC(=O)[C@@H]1CCCN1C[C@@H](CO)NC(=O)OOCc1ccccc1. The molecule has 0 spiro atoms. The molecular formula is C17H24N2O6. The number of hydrogen-bond acceptors (Lipinski definition) is 7. The van der Waals surface area contributed by atoms with Crippen LogP contribution < -0.4 is 5.32 Å². The van der Waals surface area contributed by atoms with E-state index in [4.69, 9.17) is 9.62 Å². The number of amides is 1. The van der Waals surface area contributed by atoms with E-state index in [1.54, 1.807) is 0 Å². The van der Waals surface area contributed by atoms with Crippen LogP contribution >= 0.6 is 0 Å². The largest absolute Gasteiger partial charge is 0.468 e. The summed E-state index contributed by atoms with van der Waals surface area (Å²) in [4.78, 5) is 34.9. The number of ether oxygens (including phenoxy) is 1. The molecule has 1 saturated heterocycles. The highest BCUT2D eigenvalue weighted by atomic mass is 17.2. The summed E-state index contributed by atoms with van der Waals surface area (Å²) < 4.78 is 4.78. The average molecular weight is 352 g/mol. The van der Waals surface area contributed by atoms with Crippen LogP contribution in [0.5, 0.6) is 0 Å². The average Bonchev–Trinajstić information content (AvgIpc) is 3.09. The fraction of sp³-hybridized carbons (Fsp3) is 0.529. The molecule has 138 valence electrons. The third-order valence-electron chi connectivity index (χ3n) is 4.04. The quantitative estimate of drug-likeness (QED) is 0.406. The van der Waals surface area contributed by atoms with E-state index in [2.05, 4.69) is 10.2 Å². The molecule has 1 heterocycles. The molecule has 8 nitrogen and oxygen atoms in total. The van der Waals surface area contributed by atoms with Crippen LogP contribution in [0.3, 0.4) is 0 Å². The zero-order chi connectivity index (χ0) is 18.1. The maximum absolute atomic E-state index is 11.8. The van der Waals surface area contributed by atoms with Gasteiger partial charge in [0.1, 0.15) is 12.6 Å². The minimum atomic E-state index is -0.788. The van der Waals surface area contributed by atoms with Gasteiger partial charge in [0.2, 0.25) is 0 Å². The van der Waals surface area contributed by atoms with Gasteiger partial charge in [0, 0.05) is 6.54 Å². The number of benzene rings is 1. The maximum Gasteiger partial charge on any atom is 0.439 e. The molecule has 0 aliphatic carbocycles. The van der Waals surface area contributed by atoms with Crippen LogP contribution in [0.2, 0.25) is 0 Å². The van der Waals surface area contributed by atoms with Crippen molar-refractivity contribution in [1.82, 2.24) is 10.2 Å². The number of rotatable bonds is 8. The first-order chi connectivity index (χ1) is 12.1. The highest BCUT2D eigenvalue weighted by Gasteiger charge is 2.33. The first-order valence-corrected chi connectivity index (χ1v) is 8.20. The summed E-state index contributed by atoms with van der Waals surface area (Å²) >= 11 is 0. The van der Waals surface area contributed by atoms with E-state index in [9.17, 15) is 14.7 Å². The normalized spacial score (nSPS) is 18.6. The lowest BCUT2D eigenvalue weighted by molar-refractivity contribution is -0.249. The lowest BCUT2D eigenvalue weighted by Crippen LogP contribution is -2.49. The molecule has 2 N–H and O–H groups in total. The number of methoxy groups -OCH3 is 1. The highest BCUT2D eigenvalue weighted by Crippen LogP contribution is 2.18. The zero-order valence-electron chi connectivity index (χ0n) is 14.2. The fourth-order valence-corrected chi connectivity index (χ4v) is 2.80. The summed E-state index contributed by atoms with van der Waals surface area (Å²) in [5, 5.41) is 12.0. The van der Waals surface area contributed by atoms with Crippen molar-refractivity contribution >= 4 is 12.1 Å².